The Morgan fingerprint density at radius 1 is 1.29 bits per heavy atom. The summed E-state index contributed by atoms with van der Waals surface area (Å²) in [5, 5.41) is 3.07. The Hall–Kier alpha value is -1.77. The van der Waals surface area contributed by atoms with Crippen LogP contribution >= 0.6 is 0 Å². The molecule has 0 spiro atoms. The Morgan fingerprint density at radius 2 is 2.19 bits per heavy atom. The summed E-state index contributed by atoms with van der Waals surface area (Å²) in [5.41, 5.74) is 2.64. The average Bonchev–Trinajstić information content (AvgIpc) is 2.55. The van der Waals surface area contributed by atoms with Gasteiger partial charge in [0.05, 0.1) is 5.92 Å². The van der Waals surface area contributed by atoms with Crippen molar-refractivity contribution in [3.8, 4) is 5.75 Å². The molecule has 112 valence electrons. The van der Waals surface area contributed by atoms with Crippen LogP contribution < -0.4 is 10.1 Å². The van der Waals surface area contributed by atoms with Gasteiger partial charge in [0.2, 0.25) is 5.91 Å². The minimum Gasteiger partial charge on any atom is -0.492 e. The third kappa shape index (κ3) is 3.66. The van der Waals surface area contributed by atoms with Gasteiger partial charge in [-0.2, -0.15) is 0 Å². The molecule has 1 heterocycles. The summed E-state index contributed by atoms with van der Waals surface area (Å²) >= 11 is 0. The van der Waals surface area contributed by atoms with E-state index in [4.69, 9.17) is 4.74 Å². The zero-order valence-corrected chi connectivity index (χ0v) is 12.4. The highest BCUT2D eigenvalue weighted by molar-refractivity contribution is 5.79. The van der Waals surface area contributed by atoms with Gasteiger partial charge in [0.1, 0.15) is 12.4 Å². The molecule has 1 atom stereocenters. The van der Waals surface area contributed by atoms with E-state index >= 15 is 0 Å². The molecular formula is C18H23NO2. The molecular weight excluding hydrogens is 262 g/mol. The topological polar surface area (TPSA) is 38.3 Å². The van der Waals surface area contributed by atoms with E-state index < -0.39 is 0 Å². The van der Waals surface area contributed by atoms with E-state index in [9.17, 15) is 4.79 Å². The first-order valence-corrected chi connectivity index (χ1v) is 7.99. The molecule has 1 aliphatic carbocycles. The Morgan fingerprint density at radius 3 is 3.05 bits per heavy atom. The minimum atomic E-state index is -0.0553. The molecule has 0 fully saturated rings. The normalized spacial score (nSPS) is 21.0. The van der Waals surface area contributed by atoms with Crippen LogP contribution in [0.4, 0.5) is 0 Å². The second kappa shape index (κ2) is 6.79. The number of allylic oxidation sites excluding steroid dienone is 1. The largest absolute Gasteiger partial charge is 0.492 e. The van der Waals surface area contributed by atoms with Gasteiger partial charge in [0, 0.05) is 6.54 Å². The first kappa shape index (κ1) is 14.2. The highest BCUT2D eigenvalue weighted by Crippen LogP contribution is 2.26. The van der Waals surface area contributed by atoms with Crippen LogP contribution in [0.1, 0.15) is 37.7 Å². The molecule has 1 aliphatic heterocycles. The number of hydrogen-bond acceptors (Lipinski definition) is 2. The standard InChI is InChI=1S/C18H23NO2/c20-18(19-11-10-14-6-2-1-3-7-14)16-12-15-8-4-5-9-17(15)21-13-16/h4-6,8-9,16H,1-3,7,10-13H2,(H,19,20)/t16-/m0/s1. The first-order valence-electron chi connectivity index (χ1n) is 7.99. The maximum absolute atomic E-state index is 12.2. The van der Waals surface area contributed by atoms with Crippen molar-refractivity contribution >= 4 is 5.91 Å². The summed E-state index contributed by atoms with van der Waals surface area (Å²) in [4.78, 5) is 12.2. The first-order chi connectivity index (χ1) is 10.3. The van der Waals surface area contributed by atoms with Gasteiger partial charge in [-0.3, -0.25) is 4.79 Å². The molecule has 3 rings (SSSR count). The van der Waals surface area contributed by atoms with Crippen LogP contribution in [0.2, 0.25) is 0 Å². The summed E-state index contributed by atoms with van der Waals surface area (Å²) in [5.74, 6) is 0.995. The molecule has 0 aromatic heterocycles. The molecule has 0 unspecified atom stereocenters. The van der Waals surface area contributed by atoms with Crippen LogP contribution in [0, 0.1) is 5.92 Å². The Bertz CT molecular complexity index is 536. The van der Waals surface area contributed by atoms with Gasteiger partial charge >= 0.3 is 0 Å². The lowest BCUT2D eigenvalue weighted by molar-refractivity contribution is -0.126. The predicted molar refractivity (Wildman–Crippen MR) is 83.3 cm³/mol. The lowest BCUT2D eigenvalue weighted by Crippen LogP contribution is -2.37. The van der Waals surface area contributed by atoms with Crippen LogP contribution in [-0.4, -0.2) is 19.1 Å². The third-order valence-electron chi connectivity index (χ3n) is 4.38. The van der Waals surface area contributed by atoms with E-state index in [-0.39, 0.29) is 11.8 Å². The molecule has 1 aromatic carbocycles. The molecule has 0 bridgehead atoms. The Kier molecular flexibility index (Phi) is 4.59. The average molecular weight is 285 g/mol. The van der Waals surface area contributed by atoms with Gasteiger partial charge in [-0.05, 0) is 50.2 Å². The lowest BCUT2D eigenvalue weighted by atomic mass is 9.95. The van der Waals surface area contributed by atoms with Crippen LogP contribution in [0.15, 0.2) is 35.9 Å². The van der Waals surface area contributed by atoms with Gasteiger partial charge in [0.15, 0.2) is 0 Å². The maximum Gasteiger partial charge on any atom is 0.226 e. The van der Waals surface area contributed by atoms with E-state index in [1.54, 1.807) is 0 Å². The Balaban J connectivity index is 1.47. The third-order valence-corrected chi connectivity index (χ3v) is 4.38. The van der Waals surface area contributed by atoms with E-state index in [1.807, 2.05) is 24.3 Å². The van der Waals surface area contributed by atoms with E-state index in [1.165, 1.54) is 31.3 Å². The number of para-hydroxylation sites is 1. The molecule has 0 radical (unpaired) electrons. The van der Waals surface area contributed by atoms with Gasteiger partial charge in [-0.25, -0.2) is 0 Å². The number of carbonyl (C=O) groups excluding carboxylic acids is 1. The van der Waals surface area contributed by atoms with Crippen LogP contribution in [0.3, 0.4) is 0 Å². The summed E-state index contributed by atoms with van der Waals surface area (Å²) in [6, 6.07) is 7.98. The van der Waals surface area contributed by atoms with Crippen molar-refractivity contribution in [2.75, 3.05) is 13.2 Å². The number of hydrogen-bond donors (Lipinski definition) is 1. The highest BCUT2D eigenvalue weighted by atomic mass is 16.5. The van der Waals surface area contributed by atoms with Crippen LogP contribution in [0.5, 0.6) is 5.75 Å². The molecule has 3 nitrogen and oxygen atoms in total. The number of nitrogens with one attached hydrogen (secondary N) is 1. The molecule has 1 aromatic rings. The summed E-state index contributed by atoms with van der Waals surface area (Å²) in [6.45, 7) is 1.24. The van der Waals surface area contributed by atoms with Crippen molar-refractivity contribution in [1.82, 2.24) is 5.32 Å². The molecule has 0 saturated heterocycles. The van der Waals surface area contributed by atoms with Crippen molar-refractivity contribution < 1.29 is 9.53 Å². The summed E-state index contributed by atoms with van der Waals surface area (Å²) in [6.07, 6.45) is 9.14. The van der Waals surface area contributed by atoms with Gasteiger partial charge in [-0.15, -0.1) is 0 Å². The van der Waals surface area contributed by atoms with E-state index in [0.29, 0.717) is 6.61 Å². The molecule has 2 aliphatic rings. The fourth-order valence-electron chi connectivity index (χ4n) is 3.12. The van der Waals surface area contributed by atoms with Gasteiger partial charge in [-0.1, -0.05) is 29.8 Å². The van der Waals surface area contributed by atoms with E-state index in [0.717, 1.165) is 30.7 Å². The molecule has 1 amide bonds. The van der Waals surface area contributed by atoms with Crippen LogP contribution in [0.25, 0.3) is 0 Å². The Labute approximate surface area is 126 Å². The fourth-order valence-corrected chi connectivity index (χ4v) is 3.12. The molecule has 0 saturated carbocycles. The van der Waals surface area contributed by atoms with Crippen molar-refractivity contribution in [2.45, 2.75) is 38.5 Å². The smallest absolute Gasteiger partial charge is 0.226 e. The summed E-state index contributed by atoms with van der Waals surface area (Å²) in [7, 11) is 0. The maximum atomic E-state index is 12.2. The van der Waals surface area contributed by atoms with E-state index in [2.05, 4.69) is 11.4 Å². The number of ether oxygens (including phenoxy) is 1. The zero-order chi connectivity index (χ0) is 14.5. The number of fused-ring (bicyclic) bond motifs is 1. The number of amides is 1. The molecule has 1 N–H and O–H groups in total. The highest BCUT2D eigenvalue weighted by Gasteiger charge is 2.25. The SMILES string of the molecule is O=C(NCCC1=CCCCC1)[C@@H]1COc2ccccc2C1. The second-order valence-electron chi connectivity index (χ2n) is 5.97. The number of benzene rings is 1. The van der Waals surface area contributed by atoms with Gasteiger partial charge < -0.3 is 10.1 Å². The van der Waals surface area contributed by atoms with Crippen LogP contribution in [-0.2, 0) is 11.2 Å². The molecule has 21 heavy (non-hydrogen) atoms. The molecule has 3 heteroatoms. The minimum absolute atomic E-state index is 0.0553. The monoisotopic (exact) mass is 285 g/mol. The van der Waals surface area contributed by atoms with Crippen molar-refractivity contribution in [1.29, 1.82) is 0 Å². The van der Waals surface area contributed by atoms with Crippen molar-refractivity contribution in [2.24, 2.45) is 5.92 Å². The summed E-state index contributed by atoms with van der Waals surface area (Å²) < 4.78 is 5.68. The quantitative estimate of drug-likeness (QED) is 0.862. The van der Waals surface area contributed by atoms with Crippen molar-refractivity contribution in [3.63, 3.8) is 0 Å². The second-order valence-corrected chi connectivity index (χ2v) is 5.97. The number of rotatable bonds is 4. The zero-order valence-electron chi connectivity index (χ0n) is 12.4. The lowest BCUT2D eigenvalue weighted by Gasteiger charge is -2.24. The van der Waals surface area contributed by atoms with Crippen molar-refractivity contribution in [3.05, 3.63) is 41.5 Å². The predicted octanol–water partition coefficient (Wildman–Crippen LogP) is 3.24. The van der Waals surface area contributed by atoms with Gasteiger partial charge in [0.25, 0.3) is 0 Å². The fraction of sp³-hybridized carbons (Fsp3) is 0.500. The number of carbonyl (C=O) groups is 1.